The van der Waals surface area contributed by atoms with Gasteiger partial charge < -0.3 is 0 Å². The van der Waals surface area contributed by atoms with Crippen molar-refractivity contribution in [3.63, 3.8) is 0 Å². The fraction of sp³-hybridized carbons (Fsp3) is 0.379. The summed E-state index contributed by atoms with van der Waals surface area (Å²) in [5.74, 6) is 0. The average Bonchev–Trinajstić information content (AvgIpc) is 3.16. The van der Waals surface area contributed by atoms with E-state index in [1.54, 1.807) is 0 Å². The number of fused-ring (bicyclic) bond motifs is 4. The average molecular weight is 383 g/mol. The van der Waals surface area contributed by atoms with E-state index in [4.69, 9.17) is 0 Å². The first-order chi connectivity index (χ1) is 13.6. The van der Waals surface area contributed by atoms with Gasteiger partial charge in [0.15, 0.2) is 0 Å². The smallest absolute Gasteiger partial charge is 0.0586 e. The van der Waals surface area contributed by atoms with Crippen molar-refractivity contribution in [1.82, 2.24) is 0 Å². The maximum Gasteiger partial charge on any atom is 0.0586 e. The van der Waals surface area contributed by atoms with E-state index in [9.17, 15) is 0 Å². The zero-order valence-electron chi connectivity index (χ0n) is 19.8. The molecule has 0 N–H and O–H groups in total. The fourth-order valence-electron chi connectivity index (χ4n) is 5.90. The Bertz CT molecular complexity index is 1080. The van der Waals surface area contributed by atoms with Crippen LogP contribution in [0.4, 0.5) is 0 Å². The molecule has 0 amide bonds. The summed E-state index contributed by atoms with van der Waals surface area (Å²) in [7, 11) is 0. The Kier molecular flexibility index (Phi) is 4.35. The summed E-state index contributed by atoms with van der Waals surface area (Å²) in [6, 6.07) is 0. The summed E-state index contributed by atoms with van der Waals surface area (Å²) < 4.78 is 0. The molecule has 2 aromatic rings. The summed E-state index contributed by atoms with van der Waals surface area (Å²) in [6.45, 7) is 23.1. The maximum absolute atomic E-state index is 2.44. The van der Waals surface area contributed by atoms with Gasteiger partial charge in [-0.1, -0.05) is 24.3 Å². The number of hydrogen-bond donors (Lipinski definition) is 0. The molecule has 0 bridgehead atoms. The third kappa shape index (κ3) is 2.32. The highest BCUT2D eigenvalue weighted by Crippen LogP contribution is 2.53. The maximum atomic E-state index is 2.44. The third-order valence-corrected chi connectivity index (χ3v) is 8.34. The van der Waals surface area contributed by atoms with Gasteiger partial charge in [0.1, 0.15) is 0 Å². The normalized spacial score (nSPS) is 16.5. The van der Waals surface area contributed by atoms with Crippen molar-refractivity contribution in [3.8, 4) is 0 Å². The lowest BCUT2D eigenvalue weighted by atomic mass is 9.67. The van der Waals surface area contributed by atoms with E-state index in [1.807, 2.05) is 0 Å². The summed E-state index contributed by atoms with van der Waals surface area (Å²) >= 11 is 0. The van der Waals surface area contributed by atoms with Crippen molar-refractivity contribution >= 4 is 11.1 Å². The summed E-state index contributed by atoms with van der Waals surface area (Å²) in [6.07, 6.45) is 9.38. The highest BCUT2D eigenvalue weighted by Gasteiger charge is 2.42. The Morgan fingerprint density at radius 3 is 1.07 bits per heavy atom. The Labute approximate surface area is 177 Å². The minimum Gasteiger partial charge on any atom is -0.0658 e. The summed E-state index contributed by atoms with van der Waals surface area (Å²) in [5, 5.41) is 0. The third-order valence-electron chi connectivity index (χ3n) is 8.34. The molecule has 0 radical (unpaired) electrons. The molecule has 0 aromatic heterocycles. The van der Waals surface area contributed by atoms with Gasteiger partial charge in [-0.05, 0) is 147 Å². The fourth-order valence-corrected chi connectivity index (χ4v) is 5.90. The molecule has 29 heavy (non-hydrogen) atoms. The van der Waals surface area contributed by atoms with Crippen molar-refractivity contribution in [2.24, 2.45) is 0 Å². The van der Waals surface area contributed by atoms with E-state index in [1.165, 1.54) is 77.9 Å². The minimum atomic E-state index is -0.190. The van der Waals surface area contributed by atoms with E-state index in [-0.39, 0.29) is 5.41 Å². The molecular formula is C29H34. The van der Waals surface area contributed by atoms with Crippen LogP contribution in [0.2, 0.25) is 0 Å². The zero-order valence-corrected chi connectivity index (χ0v) is 19.8. The van der Waals surface area contributed by atoms with Crippen LogP contribution in [0, 0.1) is 55.4 Å². The molecular weight excluding hydrogens is 348 g/mol. The number of allylic oxidation sites excluding steroid dienone is 6. The van der Waals surface area contributed by atoms with E-state index in [2.05, 4.69) is 93.5 Å². The van der Waals surface area contributed by atoms with Gasteiger partial charge >= 0.3 is 0 Å². The molecule has 0 saturated carbocycles. The summed E-state index contributed by atoms with van der Waals surface area (Å²) in [5.41, 5.74) is 20.1. The molecule has 0 nitrogen and oxygen atoms in total. The predicted molar refractivity (Wildman–Crippen MR) is 128 cm³/mol. The van der Waals surface area contributed by atoms with E-state index in [0.29, 0.717) is 0 Å². The monoisotopic (exact) mass is 382 g/mol. The van der Waals surface area contributed by atoms with Gasteiger partial charge in [-0.25, -0.2) is 0 Å². The van der Waals surface area contributed by atoms with Crippen LogP contribution in [0.1, 0.15) is 80.6 Å². The second-order valence-corrected chi connectivity index (χ2v) is 9.34. The minimum absolute atomic E-state index is 0.190. The molecule has 0 fully saturated rings. The van der Waals surface area contributed by atoms with Gasteiger partial charge in [0.05, 0.1) is 5.41 Å². The first-order valence-corrected chi connectivity index (χ1v) is 10.8. The van der Waals surface area contributed by atoms with Gasteiger partial charge in [-0.2, -0.15) is 0 Å². The van der Waals surface area contributed by atoms with Crippen LogP contribution in [-0.4, -0.2) is 0 Å². The lowest BCUT2D eigenvalue weighted by Crippen LogP contribution is -2.27. The van der Waals surface area contributed by atoms with Gasteiger partial charge in [-0.3, -0.25) is 0 Å². The topological polar surface area (TPSA) is 0 Å². The molecule has 0 heteroatoms. The predicted octanol–water partition coefficient (Wildman–Crippen LogP) is 7.83. The van der Waals surface area contributed by atoms with Crippen LogP contribution >= 0.6 is 0 Å². The SMILES string of the molecule is CC1=C(C)c2c(C)c(C)c(C)c(C)c2C2(C=CC=C2)c2c(C)c(C)c(C)c(C)c21. The summed E-state index contributed by atoms with van der Waals surface area (Å²) in [4.78, 5) is 0. The quantitative estimate of drug-likeness (QED) is 0.435. The number of hydrogen-bond acceptors (Lipinski definition) is 0. The second-order valence-electron chi connectivity index (χ2n) is 9.34. The molecule has 2 aliphatic rings. The van der Waals surface area contributed by atoms with Crippen molar-refractivity contribution in [1.29, 1.82) is 0 Å². The number of rotatable bonds is 0. The van der Waals surface area contributed by atoms with Gasteiger partial charge in [0, 0.05) is 0 Å². The molecule has 0 heterocycles. The van der Waals surface area contributed by atoms with E-state index in [0.717, 1.165) is 0 Å². The lowest BCUT2D eigenvalue weighted by Gasteiger charge is -2.36. The molecule has 1 spiro atoms. The lowest BCUT2D eigenvalue weighted by molar-refractivity contribution is 0.795. The molecule has 0 unspecified atom stereocenters. The van der Waals surface area contributed by atoms with Crippen LogP contribution in [0.25, 0.3) is 11.1 Å². The molecule has 4 rings (SSSR count). The largest absolute Gasteiger partial charge is 0.0658 e. The molecule has 2 aromatic carbocycles. The number of benzene rings is 2. The van der Waals surface area contributed by atoms with Crippen molar-refractivity contribution in [2.75, 3.05) is 0 Å². The van der Waals surface area contributed by atoms with Crippen LogP contribution in [0.5, 0.6) is 0 Å². The molecule has 0 atom stereocenters. The molecule has 0 saturated heterocycles. The van der Waals surface area contributed by atoms with E-state index < -0.39 is 0 Å². The Morgan fingerprint density at radius 1 is 0.414 bits per heavy atom. The standard InChI is InChI=1S/C29H34/c1-15-17(3)23(9)27-25(19(15)5)21(7)22(8)26-20(6)16(2)18(4)24(10)28(26)29(27)13-11-12-14-29/h11-14H,1-10H3. The Morgan fingerprint density at radius 2 is 0.724 bits per heavy atom. The second kappa shape index (κ2) is 6.33. The molecule has 150 valence electrons. The highest BCUT2D eigenvalue weighted by atomic mass is 14.4. The van der Waals surface area contributed by atoms with Gasteiger partial charge in [-0.15, -0.1) is 0 Å². The van der Waals surface area contributed by atoms with E-state index >= 15 is 0 Å². The van der Waals surface area contributed by atoms with Crippen molar-refractivity contribution < 1.29 is 0 Å². The van der Waals surface area contributed by atoms with Crippen molar-refractivity contribution in [3.05, 3.63) is 91.1 Å². The van der Waals surface area contributed by atoms with Crippen LogP contribution < -0.4 is 0 Å². The van der Waals surface area contributed by atoms with Crippen LogP contribution in [0.3, 0.4) is 0 Å². The zero-order chi connectivity index (χ0) is 21.4. The Hall–Kier alpha value is -2.34. The first kappa shape index (κ1) is 20.0. The van der Waals surface area contributed by atoms with Crippen LogP contribution in [-0.2, 0) is 5.41 Å². The van der Waals surface area contributed by atoms with Crippen LogP contribution in [0.15, 0.2) is 24.3 Å². The molecule has 0 aliphatic heterocycles. The van der Waals surface area contributed by atoms with Crippen molar-refractivity contribution in [2.45, 2.75) is 74.7 Å². The Balaban J connectivity index is 2.37. The first-order valence-electron chi connectivity index (χ1n) is 10.8. The van der Waals surface area contributed by atoms with Gasteiger partial charge in [0.25, 0.3) is 0 Å². The highest BCUT2D eigenvalue weighted by molar-refractivity contribution is 5.97. The van der Waals surface area contributed by atoms with Gasteiger partial charge in [0.2, 0.25) is 0 Å². The molecule has 2 aliphatic carbocycles.